The Morgan fingerprint density at radius 3 is 2.46 bits per heavy atom. The molecule has 0 fully saturated rings. The molecule has 1 unspecified atom stereocenters. The van der Waals surface area contributed by atoms with Crippen LogP contribution in [-0.2, 0) is 15.8 Å². The lowest BCUT2D eigenvalue weighted by Gasteiger charge is -2.24. The largest absolute Gasteiger partial charge is 0.418 e. The number of anilines is 2. The van der Waals surface area contributed by atoms with E-state index in [9.17, 15) is 27.2 Å². The Labute approximate surface area is 203 Å². The first-order valence-corrected chi connectivity index (χ1v) is 10.8. The number of halogens is 5. The highest BCUT2D eigenvalue weighted by atomic mass is 35.5. The van der Waals surface area contributed by atoms with Crippen LogP contribution in [0, 0.1) is 5.82 Å². The predicted molar refractivity (Wildman–Crippen MR) is 125 cm³/mol. The fourth-order valence-corrected chi connectivity index (χ4v) is 3.97. The number of aliphatic imine (C=N–C) groups is 1. The van der Waals surface area contributed by atoms with Crippen LogP contribution in [0.2, 0.25) is 5.02 Å². The number of alkyl halides is 3. The Bertz CT molecular complexity index is 1340. The highest BCUT2D eigenvalue weighted by Gasteiger charge is 2.35. The zero-order valence-corrected chi connectivity index (χ0v) is 19.0. The molecular formula is C25H18ClF4N3O2. The van der Waals surface area contributed by atoms with E-state index in [0.717, 1.165) is 17.0 Å². The van der Waals surface area contributed by atoms with Crippen molar-refractivity contribution in [3.8, 4) is 0 Å². The highest BCUT2D eigenvalue weighted by Crippen LogP contribution is 2.35. The van der Waals surface area contributed by atoms with Gasteiger partial charge in [-0.25, -0.2) is 4.39 Å². The molecule has 1 N–H and O–H groups in total. The Balaban J connectivity index is 1.73. The molecule has 1 aliphatic rings. The van der Waals surface area contributed by atoms with E-state index in [2.05, 4.69) is 10.3 Å². The van der Waals surface area contributed by atoms with Crippen LogP contribution in [0.25, 0.3) is 0 Å². The maximum atomic E-state index is 14.6. The minimum absolute atomic E-state index is 0.140. The van der Waals surface area contributed by atoms with E-state index in [0.29, 0.717) is 10.6 Å². The molecule has 0 saturated heterocycles. The molecule has 35 heavy (non-hydrogen) atoms. The van der Waals surface area contributed by atoms with Crippen LogP contribution in [0.4, 0.5) is 28.9 Å². The number of benzene rings is 3. The molecule has 0 saturated carbocycles. The quantitative estimate of drug-likeness (QED) is 0.464. The summed E-state index contributed by atoms with van der Waals surface area (Å²) in [6, 6.07) is 13.9. The Morgan fingerprint density at radius 2 is 1.74 bits per heavy atom. The molecule has 1 heterocycles. The van der Waals surface area contributed by atoms with Gasteiger partial charge in [0.1, 0.15) is 18.4 Å². The number of amides is 2. The van der Waals surface area contributed by atoms with E-state index in [4.69, 9.17) is 11.6 Å². The number of hydrogen-bond acceptors (Lipinski definition) is 3. The summed E-state index contributed by atoms with van der Waals surface area (Å²) in [5, 5.41) is 2.53. The van der Waals surface area contributed by atoms with Gasteiger partial charge in [0.05, 0.1) is 22.6 Å². The first-order chi connectivity index (χ1) is 16.6. The van der Waals surface area contributed by atoms with Gasteiger partial charge in [0.2, 0.25) is 5.91 Å². The maximum absolute atomic E-state index is 14.6. The van der Waals surface area contributed by atoms with Crippen LogP contribution >= 0.6 is 11.6 Å². The van der Waals surface area contributed by atoms with E-state index in [1.54, 1.807) is 6.07 Å². The summed E-state index contributed by atoms with van der Waals surface area (Å²) in [4.78, 5) is 31.5. The van der Waals surface area contributed by atoms with E-state index in [1.165, 1.54) is 55.5 Å². The third-order valence-corrected chi connectivity index (χ3v) is 5.62. The molecule has 0 aromatic heterocycles. The summed E-state index contributed by atoms with van der Waals surface area (Å²) in [6.45, 7) is 0.893. The number of benzodiazepines with no additional fused rings is 1. The number of rotatable bonds is 4. The monoisotopic (exact) mass is 503 g/mol. The number of nitrogens with zero attached hydrogens (tertiary/aromatic N) is 2. The second-order valence-electron chi connectivity index (χ2n) is 7.81. The van der Waals surface area contributed by atoms with Gasteiger partial charge in [-0.1, -0.05) is 35.9 Å². The van der Waals surface area contributed by atoms with Gasteiger partial charge in [-0.2, -0.15) is 13.2 Å². The average Bonchev–Trinajstić information content (AvgIpc) is 2.89. The van der Waals surface area contributed by atoms with Crippen LogP contribution in [0.15, 0.2) is 71.7 Å². The Kier molecular flexibility index (Phi) is 6.62. The zero-order chi connectivity index (χ0) is 25.3. The predicted octanol–water partition coefficient (Wildman–Crippen LogP) is 5.71. The van der Waals surface area contributed by atoms with Crippen LogP contribution in [0.1, 0.15) is 23.6 Å². The number of fused-ring (bicyclic) bond motifs is 1. The lowest BCUT2D eigenvalue weighted by Crippen LogP contribution is -2.42. The Morgan fingerprint density at radius 1 is 1.06 bits per heavy atom. The number of nitrogens with one attached hydrogen (secondary N) is 1. The van der Waals surface area contributed by atoms with Crippen molar-refractivity contribution in [1.82, 2.24) is 0 Å². The molecule has 0 spiro atoms. The van der Waals surface area contributed by atoms with Crippen molar-refractivity contribution in [2.24, 2.45) is 4.99 Å². The minimum Gasteiger partial charge on any atom is -0.324 e. The summed E-state index contributed by atoms with van der Waals surface area (Å²) in [7, 11) is 0. The first kappa shape index (κ1) is 24.4. The van der Waals surface area contributed by atoms with Gasteiger partial charge in [0, 0.05) is 16.1 Å². The van der Waals surface area contributed by atoms with Gasteiger partial charge in [-0.15, -0.1) is 0 Å². The number of carbonyl (C=O) groups excluding carboxylic acids is 2. The molecule has 4 rings (SSSR count). The molecule has 180 valence electrons. The van der Waals surface area contributed by atoms with Crippen molar-refractivity contribution in [2.75, 3.05) is 16.8 Å². The van der Waals surface area contributed by atoms with Crippen molar-refractivity contribution < 1.29 is 27.2 Å². The van der Waals surface area contributed by atoms with Gasteiger partial charge in [0.15, 0.2) is 0 Å². The molecule has 5 nitrogen and oxygen atoms in total. The molecule has 0 aliphatic carbocycles. The van der Waals surface area contributed by atoms with Crippen molar-refractivity contribution in [2.45, 2.75) is 19.1 Å². The van der Waals surface area contributed by atoms with Crippen LogP contribution in [0.5, 0.6) is 0 Å². The van der Waals surface area contributed by atoms with Gasteiger partial charge >= 0.3 is 6.18 Å². The zero-order valence-electron chi connectivity index (χ0n) is 18.2. The minimum atomic E-state index is -4.68. The number of hydrogen-bond donors (Lipinski definition) is 1. The summed E-state index contributed by atoms with van der Waals surface area (Å²) >= 11 is 6.18. The average molecular weight is 504 g/mol. The lowest BCUT2D eigenvalue weighted by molar-refractivity contribution is -0.137. The topological polar surface area (TPSA) is 61.8 Å². The molecule has 3 aromatic carbocycles. The first-order valence-electron chi connectivity index (χ1n) is 10.5. The smallest absolute Gasteiger partial charge is 0.324 e. The molecule has 1 atom stereocenters. The second kappa shape index (κ2) is 9.50. The van der Waals surface area contributed by atoms with E-state index < -0.39 is 47.6 Å². The van der Waals surface area contributed by atoms with E-state index >= 15 is 0 Å². The van der Waals surface area contributed by atoms with Gasteiger partial charge in [0.25, 0.3) is 5.91 Å². The third kappa shape index (κ3) is 5.05. The maximum Gasteiger partial charge on any atom is 0.418 e. The second-order valence-corrected chi connectivity index (χ2v) is 8.25. The fraction of sp³-hybridized carbons (Fsp3) is 0.160. The fourth-order valence-electron chi connectivity index (χ4n) is 3.80. The number of carbonyl (C=O) groups is 2. The highest BCUT2D eigenvalue weighted by molar-refractivity contribution is 6.32. The molecule has 0 radical (unpaired) electrons. The van der Waals surface area contributed by atoms with E-state index in [-0.39, 0.29) is 17.0 Å². The number of para-hydroxylation sites is 1. The molecule has 0 bridgehead atoms. The third-order valence-electron chi connectivity index (χ3n) is 5.39. The van der Waals surface area contributed by atoms with Crippen molar-refractivity contribution in [1.29, 1.82) is 0 Å². The SMILES string of the molecule is CC1N=C(c2ccccc2F)c2cc(Cl)ccc2N(CC(=O)Nc2ccccc2C(F)(F)F)C1=O. The van der Waals surface area contributed by atoms with E-state index in [1.807, 2.05) is 0 Å². The Hall–Kier alpha value is -3.72. The molecule has 1 aliphatic heterocycles. The van der Waals surface area contributed by atoms with Gasteiger partial charge in [-0.3, -0.25) is 14.6 Å². The van der Waals surface area contributed by atoms with Gasteiger partial charge < -0.3 is 10.2 Å². The summed E-state index contributed by atoms with van der Waals surface area (Å²) in [5.74, 6) is -2.00. The standard InChI is InChI=1S/C25H18ClF4N3O2/c1-14-24(35)33(13-22(34)32-20-9-5-3-7-18(20)25(28,29)30)21-11-10-15(26)12-17(21)23(31-14)16-6-2-4-8-19(16)27/h2-12,14H,13H2,1H3,(H,32,34). The normalized spacial score (nSPS) is 15.8. The van der Waals surface area contributed by atoms with Crippen molar-refractivity contribution in [3.63, 3.8) is 0 Å². The van der Waals surface area contributed by atoms with Crippen molar-refractivity contribution in [3.05, 3.63) is 94.3 Å². The van der Waals surface area contributed by atoms with Crippen LogP contribution in [-0.4, -0.2) is 30.1 Å². The molecule has 10 heteroatoms. The molecule has 2 amide bonds. The summed E-state index contributed by atoms with van der Waals surface area (Å²) in [6.07, 6.45) is -4.68. The molecule has 3 aromatic rings. The van der Waals surface area contributed by atoms with Crippen LogP contribution in [0.3, 0.4) is 0 Å². The van der Waals surface area contributed by atoms with Crippen LogP contribution < -0.4 is 10.2 Å². The summed E-state index contributed by atoms with van der Waals surface area (Å²) < 4.78 is 54.6. The summed E-state index contributed by atoms with van der Waals surface area (Å²) in [5.41, 5.74) is -0.595. The molecular weight excluding hydrogens is 486 g/mol. The van der Waals surface area contributed by atoms with Gasteiger partial charge in [-0.05, 0) is 49.4 Å². The van der Waals surface area contributed by atoms with Crippen molar-refractivity contribution >= 4 is 40.5 Å². The lowest BCUT2D eigenvalue weighted by atomic mass is 9.99.